The lowest BCUT2D eigenvalue weighted by Crippen LogP contribution is -2.28. The molecule has 1 aliphatic rings. The Labute approximate surface area is 117 Å². The fourth-order valence-corrected chi connectivity index (χ4v) is 2.88. The van der Waals surface area contributed by atoms with E-state index in [2.05, 4.69) is 26.0 Å². The van der Waals surface area contributed by atoms with Gasteiger partial charge in [0.15, 0.2) is 0 Å². The quantitative estimate of drug-likeness (QED) is 0.761. The first-order chi connectivity index (χ1) is 9.26. The average molecular weight is 260 g/mol. The second-order valence-electron chi connectivity index (χ2n) is 5.60. The maximum absolute atomic E-state index is 9.67. The maximum Gasteiger partial charge on any atom is 0.491 e. The minimum absolute atomic E-state index is 0.554. The summed E-state index contributed by atoms with van der Waals surface area (Å²) in [5.74, 6) is 0.669. The maximum atomic E-state index is 9.67. The van der Waals surface area contributed by atoms with Crippen LogP contribution >= 0.6 is 0 Å². The molecule has 1 N–H and O–H groups in total. The number of rotatable bonds is 7. The molecule has 2 rings (SSSR count). The number of unbranched alkanes of at least 4 members (excludes halogenated alkanes) is 2. The highest BCUT2D eigenvalue weighted by Gasteiger charge is 2.27. The second-order valence-corrected chi connectivity index (χ2v) is 5.60. The van der Waals surface area contributed by atoms with Gasteiger partial charge in [0, 0.05) is 0 Å². The molecule has 0 unspecified atom stereocenters. The Hall–Kier alpha value is -0.795. The van der Waals surface area contributed by atoms with Crippen LogP contribution in [0, 0.1) is 0 Å². The van der Waals surface area contributed by atoms with E-state index in [1.165, 1.54) is 49.7 Å². The van der Waals surface area contributed by atoms with E-state index in [4.69, 9.17) is 4.65 Å². The summed E-state index contributed by atoms with van der Waals surface area (Å²) in [4.78, 5) is 0. The average Bonchev–Trinajstić information content (AvgIpc) is 2.80. The van der Waals surface area contributed by atoms with E-state index >= 15 is 0 Å². The zero-order valence-corrected chi connectivity index (χ0v) is 12.2. The predicted octanol–water partition coefficient (Wildman–Crippen LogP) is 3.37. The first-order valence-corrected chi connectivity index (χ1v) is 7.68. The molecule has 1 aromatic rings. The Bertz CT molecular complexity index is 398. The Balaban J connectivity index is 2.12. The summed E-state index contributed by atoms with van der Waals surface area (Å²) in [5.41, 5.74) is 3.55. The highest BCUT2D eigenvalue weighted by molar-refractivity contribution is 6.61. The molecular formula is C16H25BO2. The van der Waals surface area contributed by atoms with Crippen molar-refractivity contribution in [1.29, 1.82) is 0 Å². The highest BCUT2D eigenvalue weighted by Crippen LogP contribution is 2.28. The Kier molecular flexibility index (Phi) is 5.47. The first kappa shape index (κ1) is 14.6. The summed E-state index contributed by atoms with van der Waals surface area (Å²) in [5, 5.41) is 9.67. The van der Waals surface area contributed by atoms with E-state index in [1.807, 2.05) is 6.07 Å². The summed E-state index contributed by atoms with van der Waals surface area (Å²) in [6, 6.07) is 6.49. The van der Waals surface area contributed by atoms with Crippen LogP contribution in [0.5, 0.6) is 0 Å². The molecule has 0 fully saturated rings. The van der Waals surface area contributed by atoms with Gasteiger partial charge in [-0.3, -0.25) is 0 Å². The van der Waals surface area contributed by atoms with Crippen LogP contribution in [0.25, 0.3) is 0 Å². The van der Waals surface area contributed by atoms with Crippen molar-refractivity contribution in [3.63, 3.8) is 0 Å². The van der Waals surface area contributed by atoms with Crippen LogP contribution < -0.4 is 5.46 Å². The van der Waals surface area contributed by atoms with Gasteiger partial charge in [0.05, 0.1) is 6.61 Å². The van der Waals surface area contributed by atoms with Gasteiger partial charge in [-0.2, -0.15) is 0 Å². The minimum atomic E-state index is -0.714. The molecule has 0 saturated carbocycles. The monoisotopic (exact) mass is 260 g/mol. The normalized spacial score (nSPS) is 14.2. The first-order valence-electron chi connectivity index (χ1n) is 7.68. The second kappa shape index (κ2) is 7.11. The summed E-state index contributed by atoms with van der Waals surface area (Å²) in [7, 11) is -0.714. The Morgan fingerprint density at radius 3 is 2.53 bits per heavy atom. The summed E-state index contributed by atoms with van der Waals surface area (Å²) >= 11 is 0. The van der Waals surface area contributed by atoms with Crippen LogP contribution in [0.2, 0.25) is 0 Å². The Morgan fingerprint density at radius 2 is 1.89 bits per heavy atom. The number of fused-ring (bicyclic) bond motifs is 1. The molecule has 1 heterocycles. The Morgan fingerprint density at radius 1 is 1.21 bits per heavy atom. The van der Waals surface area contributed by atoms with Gasteiger partial charge in [0.2, 0.25) is 0 Å². The topological polar surface area (TPSA) is 29.5 Å². The predicted molar refractivity (Wildman–Crippen MR) is 80.6 cm³/mol. The van der Waals surface area contributed by atoms with Crippen molar-refractivity contribution < 1.29 is 9.68 Å². The molecular weight excluding hydrogens is 235 g/mol. The van der Waals surface area contributed by atoms with Crippen molar-refractivity contribution in [2.75, 3.05) is 0 Å². The summed E-state index contributed by atoms with van der Waals surface area (Å²) < 4.78 is 5.28. The molecule has 0 radical (unpaired) electrons. The van der Waals surface area contributed by atoms with Crippen LogP contribution in [-0.4, -0.2) is 12.1 Å². The molecule has 0 aromatic heterocycles. The van der Waals surface area contributed by atoms with Gasteiger partial charge in [-0.05, 0) is 35.3 Å². The third-order valence-corrected chi connectivity index (χ3v) is 4.11. The lowest BCUT2D eigenvalue weighted by molar-refractivity contribution is 0.275. The van der Waals surface area contributed by atoms with E-state index in [9.17, 15) is 5.02 Å². The van der Waals surface area contributed by atoms with Gasteiger partial charge in [0.25, 0.3) is 0 Å². The number of hydrogen-bond donors (Lipinski definition) is 1. The largest absolute Gasteiger partial charge is 0.491 e. The highest BCUT2D eigenvalue weighted by atomic mass is 16.5. The van der Waals surface area contributed by atoms with Gasteiger partial charge in [-0.25, -0.2) is 0 Å². The molecule has 104 valence electrons. The SMILES string of the molecule is CCCCC(CCCC)c1ccc2c(c1)COB2O. The van der Waals surface area contributed by atoms with Gasteiger partial charge in [-0.15, -0.1) is 0 Å². The fraction of sp³-hybridized carbons (Fsp3) is 0.625. The standard InChI is InChI=1S/C16H25BO2/c1-3-5-7-13(8-6-4-2)14-9-10-16-15(11-14)12-19-17(16)18/h9-11,13,18H,3-8,12H2,1-2H3. The minimum Gasteiger partial charge on any atom is -0.423 e. The third kappa shape index (κ3) is 3.61. The van der Waals surface area contributed by atoms with Crippen molar-refractivity contribution in [3.8, 4) is 0 Å². The van der Waals surface area contributed by atoms with E-state index < -0.39 is 7.12 Å². The van der Waals surface area contributed by atoms with Crippen molar-refractivity contribution in [2.24, 2.45) is 0 Å². The van der Waals surface area contributed by atoms with Crippen LogP contribution in [0.3, 0.4) is 0 Å². The van der Waals surface area contributed by atoms with Crippen LogP contribution in [0.4, 0.5) is 0 Å². The fourth-order valence-electron chi connectivity index (χ4n) is 2.88. The third-order valence-electron chi connectivity index (χ3n) is 4.11. The van der Waals surface area contributed by atoms with E-state index in [0.717, 1.165) is 5.46 Å². The molecule has 0 aliphatic carbocycles. The molecule has 0 amide bonds. The zero-order chi connectivity index (χ0) is 13.7. The van der Waals surface area contributed by atoms with E-state index in [0.29, 0.717) is 12.5 Å². The molecule has 0 spiro atoms. The zero-order valence-electron chi connectivity index (χ0n) is 12.2. The van der Waals surface area contributed by atoms with Gasteiger partial charge in [0.1, 0.15) is 0 Å². The van der Waals surface area contributed by atoms with E-state index in [-0.39, 0.29) is 0 Å². The summed E-state index contributed by atoms with van der Waals surface area (Å²) in [6.45, 7) is 5.06. The number of benzene rings is 1. The molecule has 0 bridgehead atoms. The lowest BCUT2D eigenvalue weighted by Gasteiger charge is -2.18. The van der Waals surface area contributed by atoms with Gasteiger partial charge in [-0.1, -0.05) is 57.7 Å². The van der Waals surface area contributed by atoms with Crippen molar-refractivity contribution in [2.45, 2.75) is 64.9 Å². The van der Waals surface area contributed by atoms with Crippen LogP contribution in [0.15, 0.2) is 18.2 Å². The van der Waals surface area contributed by atoms with Crippen LogP contribution in [-0.2, 0) is 11.3 Å². The van der Waals surface area contributed by atoms with Gasteiger partial charge >= 0.3 is 7.12 Å². The van der Waals surface area contributed by atoms with Crippen LogP contribution in [0.1, 0.15) is 69.4 Å². The van der Waals surface area contributed by atoms with Crippen molar-refractivity contribution in [3.05, 3.63) is 29.3 Å². The smallest absolute Gasteiger partial charge is 0.423 e. The van der Waals surface area contributed by atoms with Gasteiger partial charge < -0.3 is 9.68 Å². The summed E-state index contributed by atoms with van der Waals surface area (Å²) in [6.07, 6.45) is 7.66. The molecule has 1 aromatic carbocycles. The van der Waals surface area contributed by atoms with Crippen molar-refractivity contribution >= 4 is 12.6 Å². The van der Waals surface area contributed by atoms with E-state index in [1.54, 1.807) is 0 Å². The molecule has 2 nitrogen and oxygen atoms in total. The molecule has 0 saturated heterocycles. The molecule has 0 atom stereocenters. The molecule has 3 heteroatoms. The molecule has 1 aliphatic heterocycles. The number of hydrogen-bond acceptors (Lipinski definition) is 2. The lowest BCUT2D eigenvalue weighted by atomic mass is 9.77. The molecule has 19 heavy (non-hydrogen) atoms. The van der Waals surface area contributed by atoms with Crippen molar-refractivity contribution in [1.82, 2.24) is 0 Å².